The van der Waals surface area contributed by atoms with E-state index in [0.29, 0.717) is 17.1 Å². The lowest BCUT2D eigenvalue weighted by Crippen LogP contribution is -2.34. The van der Waals surface area contributed by atoms with Crippen LogP contribution in [0.5, 0.6) is 0 Å². The maximum absolute atomic E-state index is 12.1. The van der Waals surface area contributed by atoms with Gasteiger partial charge in [0, 0.05) is 23.8 Å². The first kappa shape index (κ1) is 18.0. The van der Waals surface area contributed by atoms with Crippen molar-refractivity contribution in [3.05, 3.63) is 70.2 Å². The van der Waals surface area contributed by atoms with Crippen LogP contribution in [-0.2, 0) is 19.1 Å². The molecule has 2 heterocycles. The maximum Gasteiger partial charge on any atom is 0.329 e. The number of hydrogen-bond donors (Lipinski definition) is 0. The van der Waals surface area contributed by atoms with E-state index in [1.807, 2.05) is 0 Å². The first-order valence-corrected chi connectivity index (χ1v) is 7.85. The fourth-order valence-electron chi connectivity index (χ4n) is 2.51. The lowest BCUT2D eigenvalue weighted by molar-refractivity contribution is -0.384. The molecule has 0 N–H and O–H groups in total. The summed E-state index contributed by atoms with van der Waals surface area (Å²) in [6, 6.07) is 9.02. The zero-order chi connectivity index (χ0) is 19.6. The quantitative estimate of drug-likeness (QED) is 0.262. The number of furan rings is 1. The number of non-ortho nitro benzene ring substituents is 1. The zero-order valence-electron chi connectivity index (χ0n) is 14.1. The van der Waals surface area contributed by atoms with Crippen molar-refractivity contribution in [2.45, 2.75) is 6.92 Å². The Hall–Kier alpha value is -3.81. The number of allylic oxidation sites excluding steroid dienone is 3. The van der Waals surface area contributed by atoms with Crippen molar-refractivity contribution in [3.8, 4) is 11.3 Å². The molecule has 136 valence electrons. The molecule has 1 aliphatic rings. The molecule has 0 amide bonds. The van der Waals surface area contributed by atoms with Crippen LogP contribution in [0.2, 0.25) is 0 Å². The topological polar surface area (TPSA) is 117 Å². The van der Waals surface area contributed by atoms with E-state index < -0.39 is 28.4 Å². The summed E-state index contributed by atoms with van der Waals surface area (Å²) in [5.41, 5.74) is 0.586. The molecule has 0 fully saturated rings. The van der Waals surface area contributed by atoms with Gasteiger partial charge in [-0.05, 0) is 43.3 Å². The Morgan fingerprint density at radius 3 is 2.48 bits per heavy atom. The second-order valence-electron chi connectivity index (χ2n) is 5.75. The van der Waals surface area contributed by atoms with Crippen LogP contribution in [0.15, 0.2) is 58.7 Å². The third-order valence-electron chi connectivity index (χ3n) is 3.81. The fraction of sp³-hybridized carbons (Fsp3) is 0.105. The van der Waals surface area contributed by atoms with Crippen LogP contribution in [-0.4, -0.2) is 22.5 Å². The number of esters is 1. The molecule has 1 aromatic carbocycles. The first-order chi connectivity index (χ1) is 12.8. The number of ketones is 2. The van der Waals surface area contributed by atoms with Crippen molar-refractivity contribution in [3.63, 3.8) is 0 Å². The average Bonchev–Trinajstić information content (AvgIpc) is 3.08. The van der Waals surface area contributed by atoms with Gasteiger partial charge in [0.1, 0.15) is 17.3 Å². The molecular weight excluding hydrogens is 354 g/mol. The molecule has 0 saturated carbocycles. The van der Waals surface area contributed by atoms with Crippen LogP contribution in [0, 0.1) is 16.0 Å². The van der Waals surface area contributed by atoms with E-state index in [-0.39, 0.29) is 11.4 Å². The summed E-state index contributed by atoms with van der Waals surface area (Å²) in [7, 11) is 0. The largest absolute Gasteiger partial charge is 0.457 e. The predicted octanol–water partition coefficient (Wildman–Crippen LogP) is 3.08. The molecule has 0 saturated heterocycles. The number of benzene rings is 1. The van der Waals surface area contributed by atoms with E-state index in [1.165, 1.54) is 25.1 Å². The number of nitrogens with zero attached hydrogens (tertiary/aromatic N) is 1. The fourth-order valence-corrected chi connectivity index (χ4v) is 2.51. The summed E-state index contributed by atoms with van der Waals surface area (Å²) in [6.07, 6.45) is 3.52. The van der Waals surface area contributed by atoms with Gasteiger partial charge in [0.15, 0.2) is 17.5 Å². The van der Waals surface area contributed by atoms with Crippen LogP contribution < -0.4 is 0 Å². The lowest BCUT2D eigenvalue weighted by Gasteiger charge is -2.15. The highest BCUT2D eigenvalue weighted by Gasteiger charge is 2.36. The van der Waals surface area contributed by atoms with Crippen molar-refractivity contribution >= 4 is 29.3 Å². The number of carbonyl (C=O) groups is 3. The number of nitro groups is 1. The van der Waals surface area contributed by atoms with Gasteiger partial charge >= 0.3 is 5.97 Å². The van der Waals surface area contributed by atoms with Gasteiger partial charge < -0.3 is 9.15 Å². The summed E-state index contributed by atoms with van der Waals surface area (Å²) in [4.78, 5) is 45.9. The molecule has 1 atom stereocenters. The van der Waals surface area contributed by atoms with Crippen molar-refractivity contribution in [2.24, 2.45) is 5.92 Å². The van der Waals surface area contributed by atoms with Crippen LogP contribution in [0.1, 0.15) is 12.7 Å². The van der Waals surface area contributed by atoms with E-state index in [1.54, 1.807) is 24.3 Å². The van der Waals surface area contributed by atoms with Gasteiger partial charge in [-0.15, -0.1) is 0 Å². The summed E-state index contributed by atoms with van der Waals surface area (Å²) >= 11 is 0. The Labute approximate surface area is 152 Å². The molecular formula is C19H13NO7. The van der Waals surface area contributed by atoms with E-state index in [9.17, 15) is 24.5 Å². The third kappa shape index (κ3) is 3.90. The molecule has 1 aliphatic heterocycles. The van der Waals surface area contributed by atoms with Crippen LogP contribution >= 0.6 is 0 Å². The van der Waals surface area contributed by atoms with Gasteiger partial charge in [-0.25, -0.2) is 0 Å². The zero-order valence-corrected chi connectivity index (χ0v) is 14.1. The molecule has 1 unspecified atom stereocenters. The van der Waals surface area contributed by atoms with Crippen molar-refractivity contribution in [1.29, 1.82) is 0 Å². The summed E-state index contributed by atoms with van der Waals surface area (Å²) in [5.74, 6) is -2.82. The maximum atomic E-state index is 12.1. The van der Waals surface area contributed by atoms with Gasteiger partial charge in [-0.3, -0.25) is 24.5 Å². The standard InChI is InChI=1S/C19H13NO7/c1-11-10-16(22)18(19(23)26-11)15(21)8-6-14-7-9-17(27-14)12-2-4-13(5-3-12)20(24)25/h2-10,18H,1H3/b8-6+. The molecule has 0 bridgehead atoms. The van der Waals surface area contributed by atoms with E-state index >= 15 is 0 Å². The van der Waals surface area contributed by atoms with E-state index in [4.69, 9.17) is 9.15 Å². The Morgan fingerprint density at radius 1 is 1.15 bits per heavy atom. The highest BCUT2D eigenvalue weighted by Crippen LogP contribution is 2.25. The van der Waals surface area contributed by atoms with Crippen LogP contribution in [0.25, 0.3) is 17.4 Å². The van der Waals surface area contributed by atoms with Crippen molar-refractivity contribution in [1.82, 2.24) is 0 Å². The highest BCUT2D eigenvalue weighted by atomic mass is 16.6. The van der Waals surface area contributed by atoms with Gasteiger partial charge in [0.25, 0.3) is 5.69 Å². The third-order valence-corrected chi connectivity index (χ3v) is 3.81. The van der Waals surface area contributed by atoms with Crippen LogP contribution in [0.3, 0.4) is 0 Å². The van der Waals surface area contributed by atoms with Crippen molar-refractivity contribution < 1.29 is 28.5 Å². The number of cyclic esters (lactones) is 1. The van der Waals surface area contributed by atoms with Crippen LogP contribution in [0.4, 0.5) is 5.69 Å². The number of carbonyl (C=O) groups excluding carboxylic acids is 3. The Balaban J connectivity index is 1.73. The smallest absolute Gasteiger partial charge is 0.329 e. The molecule has 0 radical (unpaired) electrons. The molecule has 2 aromatic rings. The summed E-state index contributed by atoms with van der Waals surface area (Å²) in [5, 5.41) is 10.7. The first-order valence-electron chi connectivity index (χ1n) is 7.85. The number of nitro benzene ring substituents is 1. The SMILES string of the molecule is CC1=CC(=O)C(C(=O)/C=C/c2ccc(-c3ccc([N+](=O)[O-])cc3)o2)C(=O)O1. The second kappa shape index (κ2) is 7.20. The predicted molar refractivity (Wildman–Crippen MR) is 93.2 cm³/mol. The number of hydrogen-bond acceptors (Lipinski definition) is 7. The highest BCUT2D eigenvalue weighted by molar-refractivity contribution is 6.25. The minimum atomic E-state index is -1.51. The monoisotopic (exact) mass is 367 g/mol. The molecule has 0 aliphatic carbocycles. The van der Waals surface area contributed by atoms with Gasteiger partial charge in [0.2, 0.25) is 0 Å². The number of rotatable bonds is 5. The van der Waals surface area contributed by atoms with Gasteiger partial charge in [-0.2, -0.15) is 0 Å². The Bertz CT molecular complexity index is 995. The lowest BCUT2D eigenvalue weighted by atomic mass is 9.96. The molecule has 1 aromatic heterocycles. The summed E-state index contributed by atoms with van der Waals surface area (Å²) in [6.45, 7) is 1.45. The molecule has 27 heavy (non-hydrogen) atoms. The molecule has 3 rings (SSSR count). The Morgan fingerprint density at radius 2 is 1.85 bits per heavy atom. The van der Waals surface area contributed by atoms with Crippen molar-refractivity contribution in [2.75, 3.05) is 0 Å². The van der Waals surface area contributed by atoms with Gasteiger partial charge in [0.05, 0.1) is 4.92 Å². The summed E-state index contributed by atoms with van der Waals surface area (Å²) < 4.78 is 10.4. The Kier molecular flexibility index (Phi) is 4.80. The molecule has 8 heteroatoms. The minimum Gasteiger partial charge on any atom is -0.457 e. The second-order valence-corrected chi connectivity index (χ2v) is 5.75. The minimum absolute atomic E-state index is 0.0376. The van der Waals surface area contributed by atoms with E-state index in [0.717, 1.165) is 12.2 Å². The van der Waals surface area contributed by atoms with Gasteiger partial charge in [-0.1, -0.05) is 0 Å². The molecule has 8 nitrogen and oxygen atoms in total. The normalized spacial score (nSPS) is 16.9. The van der Waals surface area contributed by atoms with E-state index in [2.05, 4.69) is 0 Å². The number of ether oxygens (including phenoxy) is 1. The average molecular weight is 367 g/mol. The molecule has 0 spiro atoms.